The molecule has 3 nitrogen and oxygen atoms in total. The maximum absolute atomic E-state index is 11.5. The van der Waals surface area contributed by atoms with E-state index in [1.54, 1.807) is 19.9 Å². The Hall–Kier alpha value is -1.09. The highest BCUT2D eigenvalue weighted by Crippen LogP contribution is 2.45. The Morgan fingerprint density at radius 1 is 1.56 bits per heavy atom. The van der Waals surface area contributed by atoms with Gasteiger partial charge in [0.15, 0.2) is 5.78 Å². The Balaban J connectivity index is 3.11. The molecule has 1 unspecified atom stereocenters. The normalized spacial score (nSPS) is 30.2. The predicted molar refractivity (Wildman–Crippen MR) is 63.1 cm³/mol. The van der Waals surface area contributed by atoms with Crippen molar-refractivity contribution >= 4 is 5.78 Å². The quantitative estimate of drug-likeness (QED) is 0.708. The van der Waals surface area contributed by atoms with E-state index in [1.807, 2.05) is 13.8 Å². The summed E-state index contributed by atoms with van der Waals surface area (Å²) in [6.45, 7) is 7.09. The molecule has 0 saturated heterocycles. The first kappa shape index (κ1) is 13.0. The van der Waals surface area contributed by atoms with Crippen LogP contribution in [-0.4, -0.2) is 21.6 Å². The van der Waals surface area contributed by atoms with Crippen molar-refractivity contribution in [2.45, 2.75) is 46.1 Å². The summed E-state index contributed by atoms with van der Waals surface area (Å²) in [6.07, 6.45) is 3.76. The second-order valence-electron chi connectivity index (χ2n) is 5.26. The Bertz CT molecular complexity index is 359. The van der Waals surface area contributed by atoms with Crippen LogP contribution >= 0.6 is 0 Å². The summed E-state index contributed by atoms with van der Waals surface area (Å²) in [5.74, 6) is 0.241. The van der Waals surface area contributed by atoms with E-state index < -0.39 is 11.0 Å². The number of carbonyl (C=O) groups excluding carboxylic acids is 1. The summed E-state index contributed by atoms with van der Waals surface area (Å²) in [5, 5.41) is 19.8. The first-order valence-electron chi connectivity index (χ1n) is 5.49. The van der Waals surface area contributed by atoms with Crippen molar-refractivity contribution in [3.8, 4) is 0 Å². The molecule has 0 bridgehead atoms. The van der Waals surface area contributed by atoms with Crippen molar-refractivity contribution in [1.29, 1.82) is 0 Å². The lowest BCUT2D eigenvalue weighted by Gasteiger charge is -2.45. The zero-order valence-corrected chi connectivity index (χ0v) is 10.4. The third-order valence-electron chi connectivity index (χ3n) is 3.46. The number of hydrogen-bond donors (Lipinski definition) is 2. The zero-order chi connectivity index (χ0) is 12.6. The second kappa shape index (κ2) is 4.06. The van der Waals surface area contributed by atoms with Crippen LogP contribution in [0.1, 0.15) is 40.5 Å². The number of ketones is 1. The molecule has 1 aliphatic carbocycles. The van der Waals surface area contributed by atoms with E-state index in [0.29, 0.717) is 18.4 Å². The van der Waals surface area contributed by atoms with Crippen LogP contribution in [0.2, 0.25) is 0 Å². The van der Waals surface area contributed by atoms with E-state index in [0.717, 1.165) is 0 Å². The first-order chi connectivity index (χ1) is 7.19. The van der Waals surface area contributed by atoms with Gasteiger partial charge >= 0.3 is 0 Å². The maximum Gasteiger partial charge on any atom is 0.156 e. The number of rotatable bonds is 2. The fourth-order valence-electron chi connectivity index (χ4n) is 2.26. The Morgan fingerprint density at radius 3 is 2.56 bits per heavy atom. The lowest BCUT2D eigenvalue weighted by molar-refractivity contribution is -0.123. The molecular weight excluding hydrogens is 204 g/mol. The molecule has 0 heterocycles. The van der Waals surface area contributed by atoms with Crippen LogP contribution in [-0.2, 0) is 4.79 Å². The molecule has 0 radical (unpaired) electrons. The van der Waals surface area contributed by atoms with Crippen LogP contribution in [0.4, 0.5) is 0 Å². The van der Waals surface area contributed by atoms with E-state index in [4.69, 9.17) is 5.11 Å². The minimum Gasteiger partial charge on any atom is -0.513 e. The standard InChI is InChI=1S/C13H20O3/c1-9-7-11(15)8-12(3,4)13(9,16)6-5-10(2)14/h5,7,14,16H,6,8H2,1-4H3. The van der Waals surface area contributed by atoms with Gasteiger partial charge in [-0.05, 0) is 31.6 Å². The fourth-order valence-corrected chi connectivity index (χ4v) is 2.26. The summed E-state index contributed by atoms with van der Waals surface area (Å²) in [6, 6.07) is 0. The second-order valence-corrected chi connectivity index (χ2v) is 5.26. The number of aliphatic hydroxyl groups excluding tert-OH is 1. The molecule has 0 aromatic heterocycles. The average Bonchev–Trinajstić information content (AvgIpc) is 2.10. The van der Waals surface area contributed by atoms with Crippen molar-refractivity contribution in [2.24, 2.45) is 5.41 Å². The van der Waals surface area contributed by atoms with Gasteiger partial charge in [0.25, 0.3) is 0 Å². The molecule has 0 spiro atoms. The minimum atomic E-state index is -1.05. The highest BCUT2D eigenvalue weighted by molar-refractivity contribution is 5.92. The van der Waals surface area contributed by atoms with Crippen LogP contribution < -0.4 is 0 Å². The van der Waals surface area contributed by atoms with Gasteiger partial charge in [0.1, 0.15) is 0 Å². The fraction of sp³-hybridized carbons (Fsp3) is 0.615. The molecule has 0 fully saturated rings. The molecule has 0 aromatic carbocycles. The monoisotopic (exact) mass is 224 g/mol. The lowest BCUT2D eigenvalue weighted by atomic mass is 9.63. The van der Waals surface area contributed by atoms with Gasteiger partial charge in [0.2, 0.25) is 0 Å². The lowest BCUT2D eigenvalue weighted by Crippen LogP contribution is -2.49. The molecule has 0 aliphatic heterocycles. The smallest absolute Gasteiger partial charge is 0.156 e. The van der Waals surface area contributed by atoms with Gasteiger partial charge in [-0.25, -0.2) is 0 Å². The van der Waals surface area contributed by atoms with Crippen molar-refractivity contribution in [3.63, 3.8) is 0 Å². The van der Waals surface area contributed by atoms with E-state index in [-0.39, 0.29) is 11.5 Å². The highest BCUT2D eigenvalue weighted by Gasteiger charge is 2.47. The summed E-state index contributed by atoms with van der Waals surface area (Å²) in [4.78, 5) is 11.5. The molecule has 90 valence electrons. The Labute approximate surface area is 96.5 Å². The van der Waals surface area contributed by atoms with Crippen LogP contribution in [0.25, 0.3) is 0 Å². The van der Waals surface area contributed by atoms with Gasteiger partial charge in [-0.15, -0.1) is 0 Å². The zero-order valence-electron chi connectivity index (χ0n) is 10.4. The molecule has 0 saturated carbocycles. The van der Waals surface area contributed by atoms with Crippen LogP contribution in [0.15, 0.2) is 23.5 Å². The van der Waals surface area contributed by atoms with Gasteiger partial charge in [-0.1, -0.05) is 13.8 Å². The number of carbonyl (C=O) groups is 1. The van der Waals surface area contributed by atoms with Gasteiger partial charge in [-0.3, -0.25) is 4.79 Å². The highest BCUT2D eigenvalue weighted by atomic mass is 16.3. The summed E-state index contributed by atoms with van der Waals surface area (Å²) in [7, 11) is 0. The van der Waals surface area contributed by atoms with Crippen LogP contribution in [0.3, 0.4) is 0 Å². The maximum atomic E-state index is 11.5. The summed E-state index contributed by atoms with van der Waals surface area (Å²) < 4.78 is 0. The Morgan fingerprint density at radius 2 is 2.12 bits per heavy atom. The first-order valence-corrected chi connectivity index (χ1v) is 5.49. The molecule has 1 atom stereocenters. The number of hydrogen-bond acceptors (Lipinski definition) is 3. The topological polar surface area (TPSA) is 57.5 Å². The SMILES string of the molecule is CC(O)=CCC1(O)C(C)=CC(=O)CC1(C)C. The minimum absolute atomic E-state index is 0.0527. The molecule has 1 aliphatic rings. The molecule has 0 amide bonds. The van der Waals surface area contributed by atoms with Gasteiger partial charge in [0, 0.05) is 18.3 Å². The summed E-state index contributed by atoms with van der Waals surface area (Å²) >= 11 is 0. The molecule has 16 heavy (non-hydrogen) atoms. The van der Waals surface area contributed by atoms with E-state index in [9.17, 15) is 9.90 Å². The van der Waals surface area contributed by atoms with Crippen molar-refractivity contribution in [3.05, 3.63) is 23.5 Å². The predicted octanol–water partition coefficient (Wildman–Crippen LogP) is 2.51. The molecule has 0 aromatic rings. The van der Waals surface area contributed by atoms with Gasteiger partial charge in [0.05, 0.1) is 11.4 Å². The molecule has 1 rings (SSSR count). The third kappa shape index (κ3) is 2.19. The average molecular weight is 224 g/mol. The van der Waals surface area contributed by atoms with E-state index in [1.165, 1.54) is 6.08 Å². The Kier molecular flexibility index (Phi) is 3.29. The molecular formula is C13H20O3. The van der Waals surface area contributed by atoms with Crippen molar-refractivity contribution in [2.75, 3.05) is 0 Å². The molecule has 3 heteroatoms. The number of aliphatic hydroxyl groups is 2. The van der Waals surface area contributed by atoms with Crippen LogP contribution in [0, 0.1) is 5.41 Å². The van der Waals surface area contributed by atoms with Gasteiger partial charge < -0.3 is 10.2 Å². The largest absolute Gasteiger partial charge is 0.513 e. The van der Waals surface area contributed by atoms with Crippen LogP contribution in [0.5, 0.6) is 0 Å². The number of allylic oxidation sites excluding steroid dienone is 2. The summed E-state index contributed by atoms with van der Waals surface area (Å²) in [5.41, 5.74) is -0.883. The third-order valence-corrected chi connectivity index (χ3v) is 3.46. The van der Waals surface area contributed by atoms with Crippen molar-refractivity contribution in [1.82, 2.24) is 0 Å². The van der Waals surface area contributed by atoms with E-state index in [2.05, 4.69) is 0 Å². The van der Waals surface area contributed by atoms with Gasteiger partial charge in [-0.2, -0.15) is 0 Å². The van der Waals surface area contributed by atoms with E-state index >= 15 is 0 Å². The van der Waals surface area contributed by atoms with Crippen molar-refractivity contribution < 1.29 is 15.0 Å². The molecule has 2 N–H and O–H groups in total.